The highest BCUT2D eigenvalue weighted by Gasteiger charge is 2.15. The van der Waals surface area contributed by atoms with Gasteiger partial charge in [-0.3, -0.25) is 9.71 Å². The molecule has 0 amide bonds. The van der Waals surface area contributed by atoms with E-state index in [2.05, 4.69) is 41.6 Å². The van der Waals surface area contributed by atoms with E-state index >= 15 is 0 Å². The van der Waals surface area contributed by atoms with Crippen LogP contribution in [0.2, 0.25) is 0 Å². The molecule has 0 aliphatic carbocycles. The number of rotatable bonds is 3. The van der Waals surface area contributed by atoms with Crippen molar-refractivity contribution in [2.24, 2.45) is 0 Å². The average Bonchev–Trinajstić information content (AvgIpc) is 2.33. The number of sulfonamides is 1. The van der Waals surface area contributed by atoms with Crippen LogP contribution in [0, 0.1) is 0 Å². The normalized spacial score (nSPS) is 11.3. The van der Waals surface area contributed by atoms with Gasteiger partial charge in [0.15, 0.2) is 0 Å². The SMILES string of the molecule is Nc1cc(NS(=O)(=O)c2cncc(Br)c2)ccc1Br. The summed E-state index contributed by atoms with van der Waals surface area (Å²) in [6.07, 6.45) is 2.78. The summed E-state index contributed by atoms with van der Waals surface area (Å²) >= 11 is 6.43. The maximum Gasteiger partial charge on any atom is 0.263 e. The minimum Gasteiger partial charge on any atom is -0.398 e. The van der Waals surface area contributed by atoms with Crippen LogP contribution in [0.4, 0.5) is 11.4 Å². The zero-order chi connectivity index (χ0) is 14.0. The van der Waals surface area contributed by atoms with Gasteiger partial charge in [-0.1, -0.05) is 0 Å². The highest BCUT2D eigenvalue weighted by atomic mass is 79.9. The van der Waals surface area contributed by atoms with Gasteiger partial charge < -0.3 is 5.73 Å². The van der Waals surface area contributed by atoms with Crippen molar-refractivity contribution >= 4 is 53.3 Å². The lowest BCUT2D eigenvalue weighted by molar-refractivity contribution is 0.600. The Bertz CT molecular complexity index is 720. The van der Waals surface area contributed by atoms with E-state index in [1.54, 1.807) is 12.1 Å². The Hall–Kier alpha value is -1.12. The first-order chi connectivity index (χ1) is 8.88. The van der Waals surface area contributed by atoms with Crippen molar-refractivity contribution in [2.45, 2.75) is 4.90 Å². The summed E-state index contributed by atoms with van der Waals surface area (Å²) in [4.78, 5) is 3.90. The molecule has 0 aliphatic rings. The van der Waals surface area contributed by atoms with Gasteiger partial charge in [0, 0.05) is 27.0 Å². The van der Waals surface area contributed by atoms with Crippen molar-refractivity contribution in [2.75, 3.05) is 10.5 Å². The fourth-order valence-corrected chi connectivity index (χ4v) is 3.16. The van der Waals surface area contributed by atoms with Crippen molar-refractivity contribution in [3.05, 3.63) is 45.6 Å². The third kappa shape index (κ3) is 3.46. The van der Waals surface area contributed by atoms with Crippen LogP contribution in [0.5, 0.6) is 0 Å². The Morgan fingerprint density at radius 2 is 1.89 bits per heavy atom. The third-order valence-corrected chi connectivity index (χ3v) is 4.74. The lowest BCUT2D eigenvalue weighted by Gasteiger charge is -2.09. The first kappa shape index (κ1) is 14.3. The molecule has 0 saturated heterocycles. The molecule has 8 heteroatoms. The Balaban J connectivity index is 2.33. The number of anilines is 2. The summed E-state index contributed by atoms with van der Waals surface area (Å²) in [5.41, 5.74) is 6.54. The number of nitrogens with zero attached hydrogens (tertiary/aromatic N) is 1. The molecule has 0 unspecified atom stereocenters. The molecule has 5 nitrogen and oxygen atoms in total. The summed E-state index contributed by atoms with van der Waals surface area (Å²) in [7, 11) is -3.68. The van der Waals surface area contributed by atoms with E-state index in [1.807, 2.05) is 0 Å². The van der Waals surface area contributed by atoms with Crippen LogP contribution in [0.15, 0.2) is 50.5 Å². The van der Waals surface area contributed by atoms with Crippen molar-refractivity contribution in [1.29, 1.82) is 0 Å². The minimum absolute atomic E-state index is 0.0726. The number of hydrogen-bond acceptors (Lipinski definition) is 4. The van der Waals surface area contributed by atoms with E-state index in [1.165, 1.54) is 24.5 Å². The largest absolute Gasteiger partial charge is 0.398 e. The van der Waals surface area contributed by atoms with Gasteiger partial charge in [-0.15, -0.1) is 0 Å². The second-order valence-corrected chi connectivity index (χ2v) is 7.13. The molecule has 1 aromatic carbocycles. The molecule has 0 fully saturated rings. The van der Waals surface area contributed by atoms with Crippen LogP contribution in [-0.4, -0.2) is 13.4 Å². The number of benzene rings is 1. The van der Waals surface area contributed by atoms with Crippen molar-refractivity contribution in [1.82, 2.24) is 4.98 Å². The number of pyridine rings is 1. The second-order valence-electron chi connectivity index (χ2n) is 3.68. The fourth-order valence-electron chi connectivity index (χ4n) is 1.36. The molecule has 0 spiro atoms. The van der Waals surface area contributed by atoms with Crippen molar-refractivity contribution in [3.63, 3.8) is 0 Å². The van der Waals surface area contributed by atoms with Gasteiger partial charge in [0.05, 0.1) is 5.69 Å². The highest BCUT2D eigenvalue weighted by Crippen LogP contribution is 2.25. The molecule has 0 atom stereocenters. The second kappa shape index (κ2) is 5.48. The van der Waals surface area contributed by atoms with E-state index in [9.17, 15) is 8.42 Å². The quantitative estimate of drug-likeness (QED) is 0.767. The molecule has 1 heterocycles. The van der Waals surface area contributed by atoms with Crippen LogP contribution in [0.1, 0.15) is 0 Å². The summed E-state index contributed by atoms with van der Waals surface area (Å²) in [5, 5.41) is 0. The topological polar surface area (TPSA) is 85.1 Å². The molecule has 0 saturated carbocycles. The number of halogens is 2. The standard InChI is InChI=1S/C11H9Br2N3O2S/c12-7-3-9(6-15-5-7)19(17,18)16-8-1-2-10(13)11(14)4-8/h1-6,16H,14H2. The van der Waals surface area contributed by atoms with E-state index in [-0.39, 0.29) is 4.90 Å². The molecule has 19 heavy (non-hydrogen) atoms. The lowest BCUT2D eigenvalue weighted by atomic mass is 10.3. The molecule has 2 rings (SSSR count). The Labute approximate surface area is 127 Å². The zero-order valence-corrected chi connectivity index (χ0v) is 13.5. The summed E-state index contributed by atoms with van der Waals surface area (Å²) in [6.45, 7) is 0. The van der Waals surface area contributed by atoms with Crippen LogP contribution in [0.25, 0.3) is 0 Å². The average molecular weight is 407 g/mol. The molecule has 2 aromatic rings. The van der Waals surface area contributed by atoms with Crippen LogP contribution in [0.3, 0.4) is 0 Å². The van der Waals surface area contributed by atoms with Gasteiger partial charge >= 0.3 is 0 Å². The van der Waals surface area contributed by atoms with Gasteiger partial charge in [-0.25, -0.2) is 8.42 Å². The van der Waals surface area contributed by atoms with E-state index in [0.29, 0.717) is 20.3 Å². The molecule has 0 bridgehead atoms. The van der Waals surface area contributed by atoms with Gasteiger partial charge in [0.1, 0.15) is 4.90 Å². The summed E-state index contributed by atoms with van der Waals surface area (Å²) in [6, 6.07) is 6.29. The number of aromatic nitrogens is 1. The summed E-state index contributed by atoms with van der Waals surface area (Å²) < 4.78 is 28.0. The molecular formula is C11H9Br2N3O2S. The van der Waals surface area contributed by atoms with Gasteiger partial charge in [0.25, 0.3) is 10.0 Å². The smallest absolute Gasteiger partial charge is 0.263 e. The van der Waals surface area contributed by atoms with E-state index in [0.717, 1.165) is 0 Å². The molecule has 0 aliphatic heterocycles. The number of nitrogens with one attached hydrogen (secondary N) is 1. The van der Waals surface area contributed by atoms with Gasteiger partial charge in [-0.2, -0.15) is 0 Å². The minimum atomic E-state index is -3.68. The summed E-state index contributed by atoms with van der Waals surface area (Å²) in [5.74, 6) is 0. The van der Waals surface area contributed by atoms with Gasteiger partial charge in [-0.05, 0) is 56.1 Å². The van der Waals surface area contributed by atoms with Crippen LogP contribution >= 0.6 is 31.9 Å². The monoisotopic (exact) mass is 405 g/mol. The number of nitrogen functional groups attached to an aromatic ring is 1. The van der Waals surface area contributed by atoms with E-state index in [4.69, 9.17) is 5.73 Å². The molecule has 3 N–H and O–H groups in total. The van der Waals surface area contributed by atoms with Crippen LogP contribution in [-0.2, 0) is 10.0 Å². The Morgan fingerprint density at radius 3 is 2.53 bits per heavy atom. The van der Waals surface area contributed by atoms with Crippen molar-refractivity contribution < 1.29 is 8.42 Å². The number of hydrogen-bond donors (Lipinski definition) is 2. The molecule has 1 aromatic heterocycles. The Morgan fingerprint density at radius 1 is 1.16 bits per heavy atom. The first-order valence-corrected chi connectivity index (χ1v) is 8.14. The predicted molar refractivity (Wildman–Crippen MR) is 81.3 cm³/mol. The molecule has 0 radical (unpaired) electrons. The zero-order valence-electron chi connectivity index (χ0n) is 9.47. The fraction of sp³-hybridized carbons (Fsp3) is 0. The molecule has 100 valence electrons. The molecular weight excluding hydrogens is 398 g/mol. The number of nitrogens with two attached hydrogens (primary N) is 1. The maximum absolute atomic E-state index is 12.1. The van der Waals surface area contributed by atoms with E-state index < -0.39 is 10.0 Å². The first-order valence-electron chi connectivity index (χ1n) is 5.07. The maximum atomic E-state index is 12.1. The predicted octanol–water partition coefficient (Wildman–Crippen LogP) is 2.99. The highest BCUT2D eigenvalue weighted by molar-refractivity contribution is 9.10. The Kier molecular flexibility index (Phi) is 4.12. The van der Waals surface area contributed by atoms with Gasteiger partial charge in [0.2, 0.25) is 0 Å². The van der Waals surface area contributed by atoms with Crippen LogP contribution < -0.4 is 10.5 Å². The third-order valence-electron chi connectivity index (χ3n) is 2.24. The van der Waals surface area contributed by atoms with Crippen molar-refractivity contribution in [3.8, 4) is 0 Å². The lowest BCUT2D eigenvalue weighted by Crippen LogP contribution is -2.13.